The van der Waals surface area contributed by atoms with E-state index in [0.29, 0.717) is 26.1 Å². The number of amides is 1. The smallest absolute Gasteiger partial charge is 0.236 e. The Bertz CT molecular complexity index is 1370. The van der Waals surface area contributed by atoms with Gasteiger partial charge in [0, 0.05) is 63.5 Å². The number of aromatic nitrogens is 1. The lowest BCUT2D eigenvalue weighted by molar-refractivity contribution is -0.132. The number of allylic oxidation sites excluding steroid dienone is 2. The van der Waals surface area contributed by atoms with Crippen molar-refractivity contribution in [1.82, 2.24) is 24.6 Å². The average molecular weight is 580 g/mol. The van der Waals surface area contributed by atoms with Gasteiger partial charge in [-0.05, 0) is 55.7 Å². The molecule has 0 aliphatic carbocycles. The lowest BCUT2D eigenvalue weighted by atomic mass is 9.99. The second-order valence-electron chi connectivity index (χ2n) is 11.3. The third kappa shape index (κ3) is 5.20. The number of piperazine rings is 1. The molecule has 2 aromatic rings. The van der Waals surface area contributed by atoms with Crippen LogP contribution in [0.3, 0.4) is 0 Å². The number of aliphatic hydroxyl groups excluding tert-OH is 1. The van der Waals surface area contributed by atoms with Crippen LogP contribution in [0.2, 0.25) is 0 Å². The third-order valence-corrected chi connectivity index (χ3v) is 9.71. The first-order valence-corrected chi connectivity index (χ1v) is 15.3. The van der Waals surface area contributed by atoms with Gasteiger partial charge in [-0.25, -0.2) is 14.4 Å². The molecule has 218 valence electrons. The topological polar surface area (TPSA) is 78.8 Å². The Morgan fingerprint density at radius 3 is 2.63 bits per heavy atom. The van der Waals surface area contributed by atoms with E-state index in [2.05, 4.69) is 58.8 Å². The van der Waals surface area contributed by atoms with E-state index < -0.39 is 11.8 Å². The predicted octanol–water partition coefficient (Wildman–Crippen LogP) is 3.22. The molecule has 9 nitrogen and oxygen atoms in total. The van der Waals surface area contributed by atoms with Gasteiger partial charge in [-0.3, -0.25) is 14.6 Å². The van der Waals surface area contributed by atoms with E-state index in [9.17, 15) is 14.3 Å². The fourth-order valence-electron chi connectivity index (χ4n) is 6.49. The number of hydrogen-bond acceptors (Lipinski definition) is 9. The number of benzene rings is 1. The van der Waals surface area contributed by atoms with Gasteiger partial charge in [-0.15, -0.1) is 11.3 Å². The zero-order chi connectivity index (χ0) is 28.7. The number of β-amino-alcohol motifs (C(OH)–C–C–N with tert-alkyl or cyclic N) is 1. The van der Waals surface area contributed by atoms with Crippen LogP contribution in [0.5, 0.6) is 0 Å². The highest BCUT2D eigenvalue weighted by Gasteiger charge is 2.54. The number of amidine groups is 1. The molecule has 41 heavy (non-hydrogen) atoms. The van der Waals surface area contributed by atoms with Crippen molar-refractivity contribution < 1.29 is 14.3 Å². The summed E-state index contributed by atoms with van der Waals surface area (Å²) in [7, 11) is 2.09. The molecule has 1 amide bonds. The van der Waals surface area contributed by atoms with E-state index in [4.69, 9.17) is 9.98 Å². The maximum Gasteiger partial charge on any atom is 0.236 e. The standard InChI is InChI=1S/C30H38FN7O2S/c1-4-30(37-16-14-35(15-17-37)19-26(40)36-13-11-24(39)18-36)28(38-12-5-6-21(2)27(38)33-30)34(3)29-32-25(20-41-29)22-7-9-23(31)10-8-22/h5-10,12,20,24,28,39H,4,11,13-19H2,1-3H3. The molecule has 11 heteroatoms. The van der Waals surface area contributed by atoms with E-state index >= 15 is 0 Å². The van der Waals surface area contributed by atoms with Gasteiger partial charge >= 0.3 is 0 Å². The highest BCUT2D eigenvalue weighted by Crippen LogP contribution is 2.42. The first-order valence-electron chi connectivity index (χ1n) is 14.4. The van der Waals surface area contributed by atoms with Gasteiger partial charge in [-0.2, -0.15) is 0 Å². The number of nitrogens with zero attached hydrogens (tertiary/aromatic N) is 7. The lowest BCUT2D eigenvalue weighted by Gasteiger charge is -2.49. The lowest BCUT2D eigenvalue weighted by Crippen LogP contribution is -2.66. The van der Waals surface area contributed by atoms with E-state index in [1.54, 1.807) is 28.4 Å². The van der Waals surface area contributed by atoms with Crippen LogP contribution in [0.1, 0.15) is 26.7 Å². The maximum absolute atomic E-state index is 13.5. The number of aliphatic imine (C=N–C) groups is 1. The maximum atomic E-state index is 13.5. The monoisotopic (exact) mass is 579 g/mol. The summed E-state index contributed by atoms with van der Waals surface area (Å²) in [5.41, 5.74) is 2.33. The van der Waals surface area contributed by atoms with Crippen LogP contribution in [-0.4, -0.2) is 112 Å². The van der Waals surface area contributed by atoms with Crippen molar-refractivity contribution in [2.24, 2.45) is 4.99 Å². The molecule has 0 saturated carbocycles. The summed E-state index contributed by atoms with van der Waals surface area (Å²) in [5, 5.41) is 12.7. The van der Waals surface area contributed by atoms with Crippen molar-refractivity contribution in [3.63, 3.8) is 0 Å². The Labute approximate surface area is 244 Å². The molecule has 6 rings (SSSR count). The minimum Gasteiger partial charge on any atom is -0.391 e. The SMILES string of the molecule is CCC1(N2CCN(CC(=O)N3CCC(O)C3)CC2)N=C2C(C)=CC=CN2C1N(C)c1nc(-c2ccc(F)cc2)cs1. The van der Waals surface area contributed by atoms with Crippen molar-refractivity contribution >= 4 is 28.2 Å². The average Bonchev–Trinajstić information content (AvgIpc) is 3.72. The molecule has 2 saturated heterocycles. The minimum atomic E-state index is -0.509. The van der Waals surface area contributed by atoms with Crippen molar-refractivity contribution in [3.8, 4) is 11.3 Å². The summed E-state index contributed by atoms with van der Waals surface area (Å²) in [4.78, 5) is 34.2. The Hall–Kier alpha value is -3.12. The van der Waals surface area contributed by atoms with Gasteiger partial charge in [-0.1, -0.05) is 13.0 Å². The largest absolute Gasteiger partial charge is 0.391 e. The molecule has 1 aromatic heterocycles. The second-order valence-corrected chi connectivity index (χ2v) is 12.2. The van der Waals surface area contributed by atoms with Crippen LogP contribution in [0.4, 0.5) is 9.52 Å². The first kappa shape index (κ1) is 28.0. The van der Waals surface area contributed by atoms with Crippen molar-refractivity contribution in [2.75, 3.05) is 57.8 Å². The highest BCUT2D eigenvalue weighted by atomic mass is 32.1. The van der Waals surface area contributed by atoms with Gasteiger partial charge < -0.3 is 19.8 Å². The molecular formula is C30H38FN7O2S. The molecule has 3 atom stereocenters. The quantitative estimate of drug-likeness (QED) is 0.540. The predicted molar refractivity (Wildman–Crippen MR) is 160 cm³/mol. The molecular weight excluding hydrogens is 541 g/mol. The molecule has 1 aromatic carbocycles. The Balaban J connectivity index is 1.23. The molecule has 0 radical (unpaired) electrons. The van der Waals surface area contributed by atoms with E-state index in [1.165, 1.54) is 12.1 Å². The van der Waals surface area contributed by atoms with Crippen molar-refractivity contribution in [3.05, 3.63) is 59.4 Å². The first-order chi connectivity index (χ1) is 19.8. The number of thiazole rings is 1. The minimum absolute atomic E-state index is 0.0997. The summed E-state index contributed by atoms with van der Waals surface area (Å²) in [6, 6.07) is 6.46. The fourth-order valence-corrected chi connectivity index (χ4v) is 7.31. The number of halogens is 1. The highest BCUT2D eigenvalue weighted by molar-refractivity contribution is 7.14. The molecule has 3 unspecified atom stereocenters. The van der Waals surface area contributed by atoms with Crippen LogP contribution < -0.4 is 4.90 Å². The van der Waals surface area contributed by atoms with Crippen LogP contribution in [-0.2, 0) is 4.79 Å². The van der Waals surface area contributed by atoms with Crippen LogP contribution >= 0.6 is 11.3 Å². The van der Waals surface area contributed by atoms with Crippen molar-refractivity contribution in [1.29, 1.82) is 0 Å². The van der Waals surface area contributed by atoms with Gasteiger partial charge in [0.25, 0.3) is 0 Å². The summed E-state index contributed by atoms with van der Waals surface area (Å²) >= 11 is 1.58. The number of rotatable bonds is 7. The number of anilines is 1. The molecule has 0 bridgehead atoms. The summed E-state index contributed by atoms with van der Waals surface area (Å²) < 4.78 is 13.5. The molecule has 0 spiro atoms. The Morgan fingerprint density at radius 1 is 1.20 bits per heavy atom. The van der Waals surface area contributed by atoms with Crippen LogP contribution in [0, 0.1) is 5.82 Å². The summed E-state index contributed by atoms with van der Waals surface area (Å²) in [6.07, 6.45) is 7.25. The third-order valence-electron chi connectivity index (χ3n) is 8.78. The molecule has 2 fully saturated rings. The summed E-state index contributed by atoms with van der Waals surface area (Å²) in [5.74, 6) is 0.818. The zero-order valence-corrected chi connectivity index (χ0v) is 24.7. The number of likely N-dealkylation sites (N-methyl/N-ethyl adjacent to an activating group) is 1. The fraction of sp³-hybridized carbons (Fsp3) is 0.500. The van der Waals surface area contributed by atoms with E-state index in [0.717, 1.165) is 60.4 Å². The van der Waals surface area contributed by atoms with Crippen LogP contribution in [0.15, 0.2) is 58.6 Å². The van der Waals surface area contributed by atoms with Crippen molar-refractivity contribution in [2.45, 2.75) is 44.6 Å². The molecule has 1 N–H and O–H groups in total. The van der Waals surface area contributed by atoms with Gasteiger partial charge in [0.2, 0.25) is 5.91 Å². The number of likely N-dealkylation sites (tertiary alicyclic amines) is 1. The Morgan fingerprint density at radius 2 is 1.95 bits per heavy atom. The van der Waals surface area contributed by atoms with E-state index in [1.807, 2.05) is 5.38 Å². The van der Waals surface area contributed by atoms with Gasteiger partial charge in [0.05, 0.1) is 18.3 Å². The number of carbonyl (C=O) groups is 1. The number of hydrogen-bond donors (Lipinski definition) is 1. The summed E-state index contributed by atoms with van der Waals surface area (Å²) in [6.45, 7) is 8.93. The number of fused-ring (bicyclic) bond motifs is 1. The van der Waals surface area contributed by atoms with Gasteiger partial charge in [0.15, 0.2) is 10.8 Å². The van der Waals surface area contributed by atoms with E-state index in [-0.39, 0.29) is 17.9 Å². The molecule has 4 aliphatic rings. The number of aliphatic hydroxyl groups is 1. The van der Waals surface area contributed by atoms with Gasteiger partial charge in [0.1, 0.15) is 17.8 Å². The molecule has 4 aliphatic heterocycles. The Kier molecular flexibility index (Phi) is 7.71. The molecule has 5 heterocycles. The number of carbonyl (C=O) groups excluding carboxylic acids is 1. The van der Waals surface area contributed by atoms with Crippen LogP contribution in [0.25, 0.3) is 11.3 Å². The second kappa shape index (κ2) is 11.3. The zero-order valence-electron chi connectivity index (χ0n) is 23.9. The normalized spacial score (nSPS) is 26.8.